The lowest BCUT2D eigenvalue weighted by Gasteiger charge is -2.57. The number of hydrogen-bond acceptors (Lipinski definition) is 0. The van der Waals surface area contributed by atoms with Crippen molar-refractivity contribution in [1.82, 2.24) is 4.57 Å². The molecule has 1 aromatic heterocycles. The average molecular weight is 544 g/mol. The molecule has 0 atom stereocenters. The van der Waals surface area contributed by atoms with Gasteiger partial charge in [-0.25, -0.2) is 0 Å². The summed E-state index contributed by atoms with van der Waals surface area (Å²) < 4.78 is 2.41. The van der Waals surface area contributed by atoms with E-state index < -0.39 is 0 Å². The first-order chi connectivity index (χ1) is 20.6. The van der Waals surface area contributed by atoms with Crippen molar-refractivity contribution < 1.29 is 0 Å². The van der Waals surface area contributed by atoms with Crippen LogP contribution in [0.25, 0.3) is 49.7 Å². The highest BCUT2D eigenvalue weighted by molar-refractivity contribution is 6.10. The Hall–Kier alpha value is -4.10. The average Bonchev–Trinajstić information content (AvgIpc) is 3.34. The number of aryl methyl sites for hydroxylation is 1. The smallest absolute Gasteiger partial charge is 0.0547 e. The van der Waals surface area contributed by atoms with Gasteiger partial charge in [0.1, 0.15) is 0 Å². The first-order valence-electron chi connectivity index (χ1n) is 15.9. The summed E-state index contributed by atoms with van der Waals surface area (Å²) in [6.45, 7) is 2.23. The van der Waals surface area contributed by atoms with Gasteiger partial charge in [-0.3, -0.25) is 0 Å². The summed E-state index contributed by atoms with van der Waals surface area (Å²) in [5.41, 5.74) is 12.2. The van der Waals surface area contributed by atoms with Gasteiger partial charge in [-0.2, -0.15) is 0 Å². The second kappa shape index (κ2) is 9.20. The third kappa shape index (κ3) is 3.83. The summed E-state index contributed by atoms with van der Waals surface area (Å²) in [5.74, 6) is 2.94. The van der Waals surface area contributed by atoms with E-state index in [4.69, 9.17) is 0 Å². The lowest BCUT2D eigenvalue weighted by Crippen LogP contribution is -2.48. The van der Waals surface area contributed by atoms with Gasteiger partial charge in [0.2, 0.25) is 0 Å². The van der Waals surface area contributed by atoms with Gasteiger partial charge in [0.25, 0.3) is 0 Å². The molecule has 4 aliphatic carbocycles. The maximum Gasteiger partial charge on any atom is 0.0547 e. The zero-order valence-electron chi connectivity index (χ0n) is 24.4. The highest BCUT2D eigenvalue weighted by Crippen LogP contribution is 2.60. The van der Waals surface area contributed by atoms with Crippen LogP contribution in [0.5, 0.6) is 0 Å². The Bertz CT molecular complexity index is 1920. The lowest BCUT2D eigenvalue weighted by molar-refractivity contribution is -0.00518. The molecule has 0 saturated heterocycles. The van der Waals surface area contributed by atoms with E-state index in [1.807, 2.05) is 0 Å². The molecular formula is C41H37N. The second-order valence-corrected chi connectivity index (χ2v) is 13.8. The van der Waals surface area contributed by atoms with Crippen LogP contribution in [-0.4, -0.2) is 4.57 Å². The summed E-state index contributed by atoms with van der Waals surface area (Å²) in [6, 6.07) is 43.4. The van der Waals surface area contributed by atoms with Gasteiger partial charge in [0, 0.05) is 16.5 Å². The quantitative estimate of drug-likeness (QED) is 0.208. The van der Waals surface area contributed by atoms with Gasteiger partial charge in [-0.15, -0.1) is 0 Å². The lowest BCUT2D eigenvalue weighted by atomic mass is 9.48. The molecule has 0 unspecified atom stereocenters. The van der Waals surface area contributed by atoms with Gasteiger partial charge in [0.05, 0.1) is 11.0 Å². The van der Waals surface area contributed by atoms with Crippen LogP contribution in [0.15, 0.2) is 115 Å². The number of rotatable bonds is 4. The molecule has 0 aliphatic heterocycles. The van der Waals surface area contributed by atoms with Gasteiger partial charge in [-0.05, 0) is 132 Å². The Balaban J connectivity index is 1.11. The van der Waals surface area contributed by atoms with Crippen LogP contribution >= 0.6 is 0 Å². The van der Waals surface area contributed by atoms with Gasteiger partial charge < -0.3 is 4.57 Å². The number of para-hydroxylation sites is 2. The van der Waals surface area contributed by atoms with E-state index in [2.05, 4.69) is 127 Å². The molecule has 0 radical (unpaired) electrons. The minimum absolute atomic E-state index is 0.456. The van der Waals surface area contributed by atoms with E-state index in [0.29, 0.717) is 5.41 Å². The van der Waals surface area contributed by atoms with Crippen molar-refractivity contribution in [3.8, 4) is 27.9 Å². The first kappa shape index (κ1) is 24.5. The Morgan fingerprint density at radius 2 is 1.12 bits per heavy atom. The fraction of sp³-hybridized carbons (Fsp3) is 0.268. The zero-order chi connectivity index (χ0) is 27.8. The van der Waals surface area contributed by atoms with Gasteiger partial charge in [-0.1, -0.05) is 84.9 Å². The van der Waals surface area contributed by atoms with E-state index in [9.17, 15) is 0 Å². The van der Waals surface area contributed by atoms with Crippen molar-refractivity contribution >= 4 is 21.8 Å². The fourth-order valence-corrected chi connectivity index (χ4v) is 9.60. The predicted octanol–water partition coefficient (Wildman–Crippen LogP) is 10.9. The number of benzene rings is 5. The van der Waals surface area contributed by atoms with E-state index in [1.165, 1.54) is 93.8 Å². The molecule has 10 rings (SSSR count). The van der Waals surface area contributed by atoms with Crippen molar-refractivity contribution in [2.75, 3.05) is 0 Å². The van der Waals surface area contributed by atoms with Crippen LogP contribution in [0.2, 0.25) is 0 Å². The van der Waals surface area contributed by atoms with E-state index >= 15 is 0 Å². The maximum absolute atomic E-state index is 2.48. The van der Waals surface area contributed by atoms with Crippen molar-refractivity contribution in [3.05, 3.63) is 126 Å². The summed E-state index contributed by atoms with van der Waals surface area (Å²) in [7, 11) is 0. The molecule has 5 aromatic carbocycles. The molecule has 0 amide bonds. The molecule has 6 aromatic rings. The van der Waals surface area contributed by atoms with Crippen LogP contribution in [0, 0.1) is 24.7 Å². The highest BCUT2D eigenvalue weighted by atomic mass is 15.0. The van der Waals surface area contributed by atoms with E-state index in [1.54, 1.807) is 5.56 Å². The molecule has 4 saturated carbocycles. The number of hydrogen-bond donors (Lipinski definition) is 0. The van der Waals surface area contributed by atoms with Crippen molar-refractivity contribution in [2.45, 2.75) is 50.9 Å². The van der Waals surface area contributed by atoms with Crippen LogP contribution in [0.3, 0.4) is 0 Å². The highest BCUT2D eigenvalue weighted by Gasteiger charge is 2.51. The molecule has 0 spiro atoms. The number of aromatic nitrogens is 1. The molecule has 1 heteroatoms. The van der Waals surface area contributed by atoms with Crippen molar-refractivity contribution in [1.29, 1.82) is 0 Å². The first-order valence-corrected chi connectivity index (χ1v) is 15.9. The Morgan fingerprint density at radius 1 is 0.524 bits per heavy atom. The molecule has 4 fully saturated rings. The summed E-state index contributed by atoms with van der Waals surface area (Å²) in [5, 5.41) is 2.60. The van der Waals surface area contributed by atoms with Crippen LogP contribution < -0.4 is 0 Å². The standard InChI is InChI=1S/C41H37N/c1-27-17-33(31-11-14-35(15-12-31)41-24-28-19-29(25-41)21-30(20-28)26-41)22-34(18-27)32-13-16-38-37-9-5-6-10-39(37)42(40(38)23-32)36-7-3-2-4-8-36/h2-18,22-23,28-30H,19-21,24-26H2,1H3. The minimum atomic E-state index is 0.456. The second-order valence-electron chi connectivity index (χ2n) is 13.8. The normalized spacial score (nSPS) is 24.5. The topological polar surface area (TPSA) is 4.93 Å². The SMILES string of the molecule is Cc1cc(-c2ccc(C34CC5CC(CC(C5)C3)C4)cc2)cc(-c2ccc3c4ccccc4n(-c4ccccc4)c3c2)c1. The summed E-state index contributed by atoms with van der Waals surface area (Å²) in [4.78, 5) is 0. The predicted molar refractivity (Wildman–Crippen MR) is 176 cm³/mol. The zero-order valence-corrected chi connectivity index (χ0v) is 24.4. The molecule has 42 heavy (non-hydrogen) atoms. The molecule has 0 N–H and O–H groups in total. The van der Waals surface area contributed by atoms with E-state index in [-0.39, 0.29) is 0 Å². The van der Waals surface area contributed by atoms with Crippen LogP contribution in [-0.2, 0) is 5.41 Å². The Kier molecular flexibility index (Phi) is 5.37. The molecule has 1 heterocycles. The van der Waals surface area contributed by atoms with E-state index in [0.717, 1.165) is 17.8 Å². The molecule has 4 aliphatic rings. The fourth-order valence-electron chi connectivity index (χ4n) is 9.60. The molecule has 206 valence electrons. The summed E-state index contributed by atoms with van der Waals surface area (Å²) in [6.07, 6.45) is 8.78. The molecular weight excluding hydrogens is 506 g/mol. The Morgan fingerprint density at radius 3 is 1.83 bits per heavy atom. The maximum atomic E-state index is 2.48. The van der Waals surface area contributed by atoms with Crippen molar-refractivity contribution in [2.24, 2.45) is 17.8 Å². The van der Waals surface area contributed by atoms with Gasteiger partial charge >= 0.3 is 0 Å². The summed E-state index contributed by atoms with van der Waals surface area (Å²) >= 11 is 0. The largest absolute Gasteiger partial charge is 0.309 e. The van der Waals surface area contributed by atoms with Gasteiger partial charge in [0.15, 0.2) is 0 Å². The monoisotopic (exact) mass is 543 g/mol. The van der Waals surface area contributed by atoms with Crippen LogP contribution in [0.4, 0.5) is 0 Å². The minimum Gasteiger partial charge on any atom is -0.309 e. The van der Waals surface area contributed by atoms with Crippen molar-refractivity contribution in [3.63, 3.8) is 0 Å². The third-order valence-electron chi connectivity index (χ3n) is 11.0. The number of nitrogens with zero attached hydrogens (tertiary/aromatic N) is 1. The van der Waals surface area contributed by atoms with Crippen LogP contribution in [0.1, 0.15) is 49.7 Å². The Labute approximate surface area is 248 Å². The molecule has 4 bridgehead atoms. The molecule has 1 nitrogen and oxygen atoms in total. The third-order valence-corrected chi connectivity index (χ3v) is 11.0. The number of fused-ring (bicyclic) bond motifs is 3.